The lowest BCUT2D eigenvalue weighted by atomic mass is 10.2. The van der Waals surface area contributed by atoms with Gasteiger partial charge in [-0.3, -0.25) is 0 Å². The second kappa shape index (κ2) is 8.23. The smallest absolute Gasteiger partial charge is 0.0777 e. The zero-order valence-electron chi connectivity index (χ0n) is 10.6. The van der Waals surface area contributed by atoms with E-state index in [-0.39, 0.29) is 18.8 Å². The third-order valence-corrected chi connectivity index (χ3v) is 2.56. The highest BCUT2D eigenvalue weighted by atomic mass is 16.5. The number of hydrogen-bond acceptors (Lipinski definition) is 3. The fourth-order valence-electron chi connectivity index (χ4n) is 1.38. The molecule has 0 radical (unpaired) electrons. The van der Waals surface area contributed by atoms with Gasteiger partial charge in [-0.25, -0.2) is 0 Å². The number of aliphatic hydroxyl groups is 1. The summed E-state index contributed by atoms with van der Waals surface area (Å²) >= 11 is 0. The highest BCUT2D eigenvalue weighted by molar-refractivity contribution is 5.13. The number of hydrogen-bond donors (Lipinski definition) is 1. The first-order valence-corrected chi connectivity index (χ1v) is 6.10. The average molecular weight is 238 g/mol. The molecule has 0 aliphatic rings. The van der Waals surface area contributed by atoms with E-state index in [0.717, 1.165) is 6.42 Å². The van der Waals surface area contributed by atoms with Crippen LogP contribution in [0.25, 0.3) is 0 Å². The molecule has 1 aromatic carbocycles. The van der Waals surface area contributed by atoms with E-state index in [2.05, 4.69) is 12.1 Å². The molecule has 0 aliphatic heterocycles. The van der Waals surface area contributed by atoms with Gasteiger partial charge in [0.15, 0.2) is 0 Å². The van der Waals surface area contributed by atoms with Crippen LogP contribution in [0.1, 0.15) is 25.8 Å². The Morgan fingerprint density at radius 1 is 1.06 bits per heavy atom. The van der Waals surface area contributed by atoms with Crippen LogP contribution in [0.4, 0.5) is 0 Å². The first-order chi connectivity index (χ1) is 8.22. The second-order valence-electron chi connectivity index (χ2n) is 4.26. The molecule has 3 heteroatoms. The van der Waals surface area contributed by atoms with Crippen LogP contribution in [0.5, 0.6) is 0 Å². The molecule has 1 N–H and O–H groups in total. The molecule has 0 aromatic heterocycles. The standard InChI is InChI=1S/C14H22O3/c1-12(8-9-16-13(2)10-15)17-11-14-6-4-3-5-7-14/h3-7,12-13,15H,8-11H2,1-2H3. The summed E-state index contributed by atoms with van der Waals surface area (Å²) in [6.07, 6.45) is 0.925. The molecule has 0 fully saturated rings. The van der Waals surface area contributed by atoms with Gasteiger partial charge in [0.2, 0.25) is 0 Å². The summed E-state index contributed by atoms with van der Waals surface area (Å²) < 4.78 is 11.1. The van der Waals surface area contributed by atoms with Gasteiger partial charge in [0.05, 0.1) is 25.4 Å². The van der Waals surface area contributed by atoms with E-state index in [9.17, 15) is 0 Å². The lowest BCUT2D eigenvalue weighted by molar-refractivity contribution is -0.0114. The third-order valence-electron chi connectivity index (χ3n) is 2.56. The molecule has 96 valence electrons. The van der Waals surface area contributed by atoms with E-state index in [1.54, 1.807) is 0 Å². The Morgan fingerprint density at radius 3 is 2.41 bits per heavy atom. The summed E-state index contributed by atoms with van der Waals surface area (Å²) in [5, 5.41) is 8.80. The summed E-state index contributed by atoms with van der Waals surface area (Å²) in [6, 6.07) is 10.1. The Bertz CT molecular complexity index is 287. The maximum absolute atomic E-state index is 8.80. The lowest BCUT2D eigenvalue weighted by Crippen LogP contribution is -2.17. The number of rotatable bonds is 8. The molecular formula is C14H22O3. The van der Waals surface area contributed by atoms with Crippen LogP contribution in [0.2, 0.25) is 0 Å². The van der Waals surface area contributed by atoms with Crippen LogP contribution in [0.15, 0.2) is 30.3 Å². The maximum atomic E-state index is 8.80. The van der Waals surface area contributed by atoms with Gasteiger partial charge < -0.3 is 14.6 Å². The summed E-state index contributed by atoms with van der Waals surface area (Å²) in [6.45, 7) is 5.22. The Kier molecular flexibility index (Phi) is 6.86. The molecule has 1 aromatic rings. The highest BCUT2D eigenvalue weighted by Crippen LogP contribution is 2.06. The van der Waals surface area contributed by atoms with Gasteiger partial charge in [0.1, 0.15) is 0 Å². The minimum Gasteiger partial charge on any atom is -0.394 e. The van der Waals surface area contributed by atoms with Crippen LogP contribution in [0.3, 0.4) is 0 Å². The number of aliphatic hydroxyl groups excluding tert-OH is 1. The normalized spacial score (nSPS) is 14.5. The van der Waals surface area contributed by atoms with Gasteiger partial charge in [-0.15, -0.1) is 0 Å². The Morgan fingerprint density at radius 2 is 1.76 bits per heavy atom. The summed E-state index contributed by atoms with van der Waals surface area (Å²) in [7, 11) is 0. The predicted molar refractivity (Wildman–Crippen MR) is 67.8 cm³/mol. The van der Waals surface area contributed by atoms with Gasteiger partial charge in [0, 0.05) is 6.61 Å². The fraction of sp³-hybridized carbons (Fsp3) is 0.571. The molecule has 0 bridgehead atoms. The average Bonchev–Trinajstić information content (AvgIpc) is 2.37. The Balaban J connectivity index is 2.11. The van der Waals surface area contributed by atoms with E-state index < -0.39 is 0 Å². The van der Waals surface area contributed by atoms with E-state index in [4.69, 9.17) is 14.6 Å². The quantitative estimate of drug-likeness (QED) is 0.755. The van der Waals surface area contributed by atoms with Crippen molar-refractivity contribution in [1.82, 2.24) is 0 Å². The molecule has 17 heavy (non-hydrogen) atoms. The van der Waals surface area contributed by atoms with Gasteiger partial charge >= 0.3 is 0 Å². The largest absolute Gasteiger partial charge is 0.394 e. The third kappa shape index (κ3) is 6.41. The van der Waals surface area contributed by atoms with Crippen molar-refractivity contribution in [3.63, 3.8) is 0 Å². The Hall–Kier alpha value is -0.900. The second-order valence-corrected chi connectivity index (χ2v) is 4.26. The van der Waals surface area contributed by atoms with Crippen molar-refractivity contribution in [2.45, 2.75) is 39.1 Å². The molecule has 2 atom stereocenters. The van der Waals surface area contributed by atoms with Crippen molar-refractivity contribution in [3.8, 4) is 0 Å². The van der Waals surface area contributed by atoms with Gasteiger partial charge in [-0.2, -0.15) is 0 Å². The molecule has 1 rings (SSSR count). The van der Waals surface area contributed by atoms with Crippen molar-refractivity contribution in [2.75, 3.05) is 13.2 Å². The lowest BCUT2D eigenvalue weighted by Gasteiger charge is -2.15. The van der Waals surface area contributed by atoms with Gasteiger partial charge in [-0.1, -0.05) is 30.3 Å². The molecule has 3 nitrogen and oxygen atoms in total. The van der Waals surface area contributed by atoms with Gasteiger partial charge in [-0.05, 0) is 25.8 Å². The van der Waals surface area contributed by atoms with E-state index in [1.807, 2.05) is 32.0 Å². The van der Waals surface area contributed by atoms with E-state index in [0.29, 0.717) is 13.2 Å². The molecule has 0 spiro atoms. The SMILES string of the molecule is CC(CO)OCCC(C)OCc1ccccc1. The van der Waals surface area contributed by atoms with Crippen LogP contribution in [-0.4, -0.2) is 30.5 Å². The zero-order valence-corrected chi connectivity index (χ0v) is 10.6. The van der Waals surface area contributed by atoms with Crippen molar-refractivity contribution in [2.24, 2.45) is 0 Å². The van der Waals surface area contributed by atoms with E-state index in [1.165, 1.54) is 5.56 Å². The zero-order chi connectivity index (χ0) is 12.5. The number of ether oxygens (including phenoxy) is 2. The molecule has 0 aliphatic carbocycles. The summed E-state index contributed by atoms with van der Waals surface area (Å²) in [4.78, 5) is 0. The van der Waals surface area contributed by atoms with E-state index >= 15 is 0 Å². The van der Waals surface area contributed by atoms with Crippen LogP contribution in [-0.2, 0) is 16.1 Å². The van der Waals surface area contributed by atoms with Crippen LogP contribution < -0.4 is 0 Å². The van der Waals surface area contributed by atoms with Crippen molar-refractivity contribution in [3.05, 3.63) is 35.9 Å². The summed E-state index contributed by atoms with van der Waals surface area (Å²) in [5.74, 6) is 0. The minimum absolute atomic E-state index is 0.0687. The predicted octanol–water partition coefficient (Wildman–Crippen LogP) is 2.38. The number of benzene rings is 1. The molecular weight excluding hydrogens is 216 g/mol. The fourth-order valence-corrected chi connectivity index (χ4v) is 1.38. The molecule has 2 unspecified atom stereocenters. The molecule has 0 heterocycles. The highest BCUT2D eigenvalue weighted by Gasteiger charge is 2.05. The maximum Gasteiger partial charge on any atom is 0.0777 e. The van der Waals surface area contributed by atoms with Crippen molar-refractivity contribution in [1.29, 1.82) is 0 Å². The minimum atomic E-state index is -0.0867. The van der Waals surface area contributed by atoms with Crippen molar-refractivity contribution >= 4 is 0 Å². The first-order valence-electron chi connectivity index (χ1n) is 6.10. The topological polar surface area (TPSA) is 38.7 Å². The van der Waals surface area contributed by atoms with Crippen LogP contribution >= 0.6 is 0 Å². The van der Waals surface area contributed by atoms with Gasteiger partial charge in [0.25, 0.3) is 0 Å². The van der Waals surface area contributed by atoms with Crippen molar-refractivity contribution < 1.29 is 14.6 Å². The van der Waals surface area contributed by atoms with Crippen LogP contribution in [0, 0.1) is 0 Å². The molecule has 0 amide bonds. The molecule has 0 saturated carbocycles. The monoisotopic (exact) mass is 238 g/mol. The summed E-state index contributed by atoms with van der Waals surface area (Å²) in [5.41, 5.74) is 1.18. The Labute approximate surface area is 103 Å². The first kappa shape index (κ1) is 14.2. The molecule has 0 saturated heterocycles.